The highest BCUT2D eigenvalue weighted by Gasteiger charge is 2.17. The fourth-order valence-electron chi connectivity index (χ4n) is 5.42. The number of allylic oxidation sites excluding steroid dienone is 3. The molecule has 0 atom stereocenters. The van der Waals surface area contributed by atoms with Gasteiger partial charge in [0.2, 0.25) is 0 Å². The third-order valence-corrected chi connectivity index (χ3v) is 7.32. The van der Waals surface area contributed by atoms with E-state index in [1.807, 2.05) is 48.7 Å². The molecule has 0 aliphatic heterocycles. The van der Waals surface area contributed by atoms with Crippen LogP contribution in [0, 0.1) is 0 Å². The predicted octanol–water partition coefficient (Wildman–Crippen LogP) is 8.35. The average Bonchev–Trinajstić information content (AvgIpc) is 3.41. The van der Waals surface area contributed by atoms with Crippen LogP contribution in [0.4, 0.5) is 5.69 Å². The van der Waals surface area contributed by atoms with Crippen molar-refractivity contribution < 1.29 is 4.79 Å². The summed E-state index contributed by atoms with van der Waals surface area (Å²) in [4.78, 5) is 20.3. The lowest BCUT2D eigenvalue weighted by Crippen LogP contribution is -2.05. The predicted molar refractivity (Wildman–Crippen MR) is 183 cm³/mol. The van der Waals surface area contributed by atoms with Crippen molar-refractivity contribution in [3.05, 3.63) is 127 Å². The highest BCUT2D eigenvalue weighted by molar-refractivity contribution is 6.16. The summed E-state index contributed by atoms with van der Waals surface area (Å²) in [7, 11) is 1.50. The minimum Gasteiger partial charge on any atom is -0.384 e. The zero-order chi connectivity index (χ0) is 30.0. The highest BCUT2D eigenvalue weighted by atomic mass is 16.1. The number of aliphatic imine (C=N–C) groups is 1. The topological polar surface area (TPSA) is 85.3 Å². The molecule has 0 aliphatic rings. The number of anilines is 1. The van der Waals surface area contributed by atoms with Crippen LogP contribution in [0.5, 0.6) is 0 Å². The Labute approximate surface area is 251 Å². The summed E-state index contributed by atoms with van der Waals surface area (Å²) in [6, 6.07) is 31.3. The van der Waals surface area contributed by atoms with Crippen molar-refractivity contribution in [1.29, 1.82) is 0 Å². The van der Waals surface area contributed by atoms with Crippen molar-refractivity contribution >= 4 is 51.4 Å². The van der Waals surface area contributed by atoms with E-state index in [1.165, 1.54) is 17.8 Å². The standard InChI is InChI=1S/C36H30N4O.CH5N/c1-37-20-9-3-2-4-10-21-38-33-23-29(19-18-27(33)25-41)40-34-16-8-6-13-31(34)36-30(14-11-17-35(36)40)28-22-26-12-5-7-15-32(26)39-24-28;1-2/h2-3,5-9,11-20,22-25,38H,1,4,10,21H2;2H2,1H3/b3-2-,20-9-;. The smallest absolute Gasteiger partial charge is 0.152 e. The van der Waals surface area contributed by atoms with Crippen molar-refractivity contribution in [2.45, 2.75) is 12.8 Å². The van der Waals surface area contributed by atoms with Gasteiger partial charge in [-0.1, -0.05) is 60.7 Å². The minimum atomic E-state index is 0.646. The van der Waals surface area contributed by atoms with Crippen LogP contribution in [0.3, 0.4) is 0 Å². The molecular formula is C37H35N5O. The van der Waals surface area contributed by atoms with Crippen LogP contribution in [0.2, 0.25) is 0 Å². The number of para-hydroxylation sites is 2. The van der Waals surface area contributed by atoms with Gasteiger partial charge in [-0.05, 0) is 80.7 Å². The summed E-state index contributed by atoms with van der Waals surface area (Å²) in [5, 5.41) is 6.96. The van der Waals surface area contributed by atoms with Gasteiger partial charge in [0.25, 0.3) is 0 Å². The molecule has 6 nitrogen and oxygen atoms in total. The van der Waals surface area contributed by atoms with E-state index in [-0.39, 0.29) is 0 Å². The maximum atomic E-state index is 11.9. The second-order valence-electron chi connectivity index (χ2n) is 9.88. The Balaban J connectivity index is 0.00000180. The maximum absolute atomic E-state index is 11.9. The molecule has 0 saturated carbocycles. The van der Waals surface area contributed by atoms with Crippen molar-refractivity contribution in [3.63, 3.8) is 0 Å². The Hall–Kier alpha value is -5.33. The number of hydrogen-bond donors (Lipinski definition) is 2. The summed E-state index contributed by atoms with van der Waals surface area (Å²) in [5.74, 6) is 0. The summed E-state index contributed by atoms with van der Waals surface area (Å²) in [6.07, 6.45) is 12.3. The fourth-order valence-corrected chi connectivity index (χ4v) is 5.42. The molecule has 4 aromatic carbocycles. The number of hydrogen-bond acceptors (Lipinski definition) is 5. The van der Waals surface area contributed by atoms with Gasteiger partial charge < -0.3 is 15.6 Å². The van der Waals surface area contributed by atoms with E-state index in [4.69, 9.17) is 4.98 Å². The molecule has 0 radical (unpaired) electrons. The second kappa shape index (κ2) is 14.0. The number of nitrogens with one attached hydrogen (secondary N) is 1. The van der Waals surface area contributed by atoms with Crippen LogP contribution in [-0.4, -0.2) is 36.1 Å². The van der Waals surface area contributed by atoms with E-state index < -0.39 is 0 Å². The molecule has 6 rings (SSSR count). The molecule has 6 heteroatoms. The van der Waals surface area contributed by atoms with Crippen LogP contribution < -0.4 is 11.1 Å². The normalized spacial score (nSPS) is 11.3. The average molecular weight is 566 g/mol. The zero-order valence-electron chi connectivity index (χ0n) is 24.3. The van der Waals surface area contributed by atoms with E-state index in [1.54, 1.807) is 6.20 Å². The molecule has 2 heterocycles. The summed E-state index contributed by atoms with van der Waals surface area (Å²) < 4.78 is 2.28. The number of aromatic nitrogens is 2. The molecule has 0 fully saturated rings. The first kappa shape index (κ1) is 29.2. The van der Waals surface area contributed by atoms with Crippen LogP contribution in [0.25, 0.3) is 49.5 Å². The van der Waals surface area contributed by atoms with Gasteiger partial charge in [-0.3, -0.25) is 14.8 Å². The number of unbranched alkanes of at least 4 members (excludes halogenated alkanes) is 1. The summed E-state index contributed by atoms with van der Waals surface area (Å²) >= 11 is 0. The van der Waals surface area contributed by atoms with Gasteiger partial charge in [0.15, 0.2) is 6.29 Å². The van der Waals surface area contributed by atoms with E-state index in [0.29, 0.717) is 5.56 Å². The van der Waals surface area contributed by atoms with E-state index in [9.17, 15) is 4.79 Å². The van der Waals surface area contributed by atoms with Gasteiger partial charge >= 0.3 is 0 Å². The molecule has 214 valence electrons. The molecule has 43 heavy (non-hydrogen) atoms. The second-order valence-corrected chi connectivity index (χ2v) is 9.88. The van der Waals surface area contributed by atoms with Crippen LogP contribution >= 0.6 is 0 Å². The molecule has 0 amide bonds. The number of nitrogens with zero attached hydrogens (tertiary/aromatic N) is 3. The number of nitrogens with two attached hydrogens (primary N) is 1. The number of carbonyl (C=O) groups is 1. The maximum Gasteiger partial charge on any atom is 0.152 e. The van der Waals surface area contributed by atoms with E-state index >= 15 is 0 Å². The van der Waals surface area contributed by atoms with Gasteiger partial charge in [0.1, 0.15) is 0 Å². The van der Waals surface area contributed by atoms with E-state index in [2.05, 4.69) is 94.1 Å². The van der Waals surface area contributed by atoms with Crippen LogP contribution in [-0.2, 0) is 0 Å². The molecule has 0 unspecified atom stereocenters. The summed E-state index contributed by atoms with van der Waals surface area (Å²) in [5.41, 5.74) is 12.4. The molecular weight excluding hydrogens is 530 g/mol. The Morgan fingerprint density at radius 1 is 0.930 bits per heavy atom. The molecule has 0 saturated heterocycles. The lowest BCUT2D eigenvalue weighted by Gasteiger charge is -2.13. The third-order valence-electron chi connectivity index (χ3n) is 7.32. The molecule has 3 N–H and O–H groups in total. The lowest BCUT2D eigenvalue weighted by molar-refractivity contribution is 0.112. The molecule has 0 spiro atoms. The SMILES string of the molecule is C=N/C=C\C=C/CCCNc1cc(-n2c3ccccc3c3c(-c4cnc5ccccc5c4)cccc32)ccc1C=O.CN. The van der Waals surface area contributed by atoms with Crippen LogP contribution in [0.1, 0.15) is 23.2 Å². The zero-order valence-corrected chi connectivity index (χ0v) is 24.3. The van der Waals surface area contributed by atoms with E-state index in [0.717, 1.165) is 70.1 Å². The Morgan fingerprint density at radius 3 is 2.60 bits per heavy atom. The molecule has 2 aromatic heterocycles. The van der Waals surface area contributed by atoms with Crippen molar-refractivity contribution in [1.82, 2.24) is 9.55 Å². The minimum absolute atomic E-state index is 0.646. The first-order valence-electron chi connectivity index (χ1n) is 14.3. The number of benzene rings is 4. The van der Waals surface area contributed by atoms with Crippen LogP contribution in [0.15, 0.2) is 127 Å². The number of pyridine rings is 1. The number of fused-ring (bicyclic) bond motifs is 4. The Bertz CT molecular complexity index is 1950. The van der Waals surface area contributed by atoms with Crippen molar-refractivity contribution in [2.24, 2.45) is 10.7 Å². The quantitative estimate of drug-likeness (QED) is 0.0756. The Morgan fingerprint density at radius 2 is 1.74 bits per heavy atom. The third kappa shape index (κ3) is 6.15. The first-order valence-corrected chi connectivity index (χ1v) is 14.3. The first-order chi connectivity index (χ1) is 21.3. The number of aldehydes is 1. The number of carbonyl (C=O) groups excluding carboxylic acids is 1. The summed E-state index contributed by atoms with van der Waals surface area (Å²) in [6.45, 7) is 4.19. The molecule has 0 aliphatic carbocycles. The lowest BCUT2D eigenvalue weighted by atomic mass is 9.99. The molecule has 0 bridgehead atoms. The largest absolute Gasteiger partial charge is 0.384 e. The highest BCUT2D eigenvalue weighted by Crippen LogP contribution is 2.39. The van der Waals surface area contributed by atoms with Gasteiger partial charge in [0.05, 0.1) is 16.6 Å². The van der Waals surface area contributed by atoms with Gasteiger partial charge in [-0.25, -0.2) is 0 Å². The Kier molecular flexibility index (Phi) is 9.52. The number of rotatable bonds is 10. The fraction of sp³-hybridized carbons (Fsp3) is 0.108. The van der Waals surface area contributed by atoms with Gasteiger partial charge in [-0.2, -0.15) is 0 Å². The monoisotopic (exact) mass is 565 g/mol. The van der Waals surface area contributed by atoms with Crippen molar-refractivity contribution in [3.8, 4) is 16.8 Å². The van der Waals surface area contributed by atoms with Crippen molar-refractivity contribution in [2.75, 3.05) is 18.9 Å². The van der Waals surface area contributed by atoms with Gasteiger partial charge in [-0.15, -0.1) is 0 Å². The van der Waals surface area contributed by atoms with Gasteiger partial charge in [0, 0.05) is 57.6 Å². The molecule has 6 aromatic rings.